The van der Waals surface area contributed by atoms with Gasteiger partial charge < -0.3 is 5.32 Å². The summed E-state index contributed by atoms with van der Waals surface area (Å²) in [6.45, 7) is 10.9. The van der Waals surface area contributed by atoms with Crippen molar-refractivity contribution in [2.24, 2.45) is 5.92 Å². The molecule has 0 aromatic rings. The van der Waals surface area contributed by atoms with Crippen molar-refractivity contribution in [1.29, 1.82) is 0 Å². The smallest absolute Gasteiger partial charge is 0.0211 e. The van der Waals surface area contributed by atoms with E-state index < -0.39 is 0 Å². The Morgan fingerprint density at radius 2 is 2.21 bits per heavy atom. The Kier molecular flexibility index (Phi) is 4.57. The molecule has 1 N–H and O–H groups in total. The molecule has 0 aromatic carbocycles. The molecule has 0 amide bonds. The second-order valence-electron chi connectivity index (χ2n) is 3.93. The predicted octanol–water partition coefficient (Wildman–Crippen LogP) is 2.88. The van der Waals surface area contributed by atoms with Gasteiger partial charge in [-0.15, -0.1) is 9.24 Å². The van der Waals surface area contributed by atoms with E-state index in [1.54, 1.807) is 0 Å². The average Bonchev–Trinajstić information content (AvgIpc) is 2.15. The maximum atomic E-state index is 4.02. The van der Waals surface area contributed by atoms with Crippen LogP contribution in [0.2, 0.25) is 0 Å². The molecule has 1 nitrogen and oxygen atoms in total. The zero-order chi connectivity index (χ0) is 10.6. The fraction of sp³-hybridized carbons (Fsp3) is 0.500. The second-order valence-corrected chi connectivity index (χ2v) is 4.73. The zero-order valence-corrected chi connectivity index (χ0v) is 10.1. The molecule has 0 radical (unpaired) electrons. The van der Waals surface area contributed by atoms with Crippen molar-refractivity contribution in [2.75, 3.05) is 6.54 Å². The van der Waals surface area contributed by atoms with Crippen molar-refractivity contribution < 1.29 is 0 Å². The standard InChI is InChI=1S/C12H20NP/c1-4-5-11(9(2)3)10-6-7-12(14)13-8-10/h4-5,10,12-13H,1-2,6-8,14H2,3H3/b11-5+. The molecule has 1 saturated heterocycles. The van der Waals surface area contributed by atoms with Gasteiger partial charge in [0, 0.05) is 12.3 Å². The summed E-state index contributed by atoms with van der Waals surface area (Å²) in [5, 5.41) is 3.47. The van der Waals surface area contributed by atoms with Gasteiger partial charge in [-0.2, -0.15) is 0 Å². The fourth-order valence-corrected chi connectivity index (χ4v) is 2.23. The Labute approximate surface area is 89.6 Å². The van der Waals surface area contributed by atoms with Crippen LogP contribution in [0, 0.1) is 5.92 Å². The van der Waals surface area contributed by atoms with Crippen molar-refractivity contribution in [3.63, 3.8) is 0 Å². The first-order valence-electron chi connectivity index (χ1n) is 5.12. The summed E-state index contributed by atoms with van der Waals surface area (Å²) < 4.78 is 0. The average molecular weight is 209 g/mol. The zero-order valence-electron chi connectivity index (χ0n) is 8.92. The molecule has 0 aromatic heterocycles. The number of rotatable bonds is 3. The molecule has 14 heavy (non-hydrogen) atoms. The predicted molar refractivity (Wildman–Crippen MR) is 67.3 cm³/mol. The highest BCUT2D eigenvalue weighted by molar-refractivity contribution is 7.17. The van der Waals surface area contributed by atoms with Gasteiger partial charge in [0.15, 0.2) is 0 Å². The molecule has 1 rings (SSSR count). The third-order valence-electron chi connectivity index (χ3n) is 2.68. The number of nitrogens with one attached hydrogen (secondary N) is 1. The van der Waals surface area contributed by atoms with Gasteiger partial charge in [-0.25, -0.2) is 0 Å². The first-order valence-corrected chi connectivity index (χ1v) is 5.79. The third kappa shape index (κ3) is 3.08. The lowest BCUT2D eigenvalue weighted by atomic mass is 9.87. The summed E-state index contributed by atoms with van der Waals surface area (Å²) in [6, 6.07) is 0. The quantitative estimate of drug-likeness (QED) is 0.556. The molecular formula is C12H20NP. The highest BCUT2D eigenvalue weighted by Crippen LogP contribution is 2.27. The van der Waals surface area contributed by atoms with Crippen LogP contribution in [-0.2, 0) is 0 Å². The molecule has 0 spiro atoms. The maximum Gasteiger partial charge on any atom is 0.0211 e. The summed E-state index contributed by atoms with van der Waals surface area (Å²) in [4.78, 5) is 0. The van der Waals surface area contributed by atoms with E-state index >= 15 is 0 Å². The van der Waals surface area contributed by atoms with Crippen molar-refractivity contribution in [1.82, 2.24) is 5.32 Å². The van der Waals surface area contributed by atoms with Crippen LogP contribution in [0.3, 0.4) is 0 Å². The number of hydrogen-bond donors (Lipinski definition) is 1. The van der Waals surface area contributed by atoms with E-state index in [-0.39, 0.29) is 0 Å². The van der Waals surface area contributed by atoms with Crippen LogP contribution in [0.5, 0.6) is 0 Å². The summed E-state index contributed by atoms with van der Waals surface area (Å²) in [7, 11) is 2.83. The van der Waals surface area contributed by atoms with E-state index in [2.05, 4.69) is 40.7 Å². The normalized spacial score (nSPS) is 28.6. The molecule has 3 unspecified atom stereocenters. The molecule has 3 atom stereocenters. The molecule has 2 heteroatoms. The van der Waals surface area contributed by atoms with Gasteiger partial charge in [0.05, 0.1) is 0 Å². The Morgan fingerprint density at radius 3 is 2.64 bits per heavy atom. The van der Waals surface area contributed by atoms with Gasteiger partial charge in [-0.1, -0.05) is 30.9 Å². The number of hydrogen-bond acceptors (Lipinski definition) is 1. The summed E-state index contributed by atoms with van der Waals surface area (Å²) in [5.41, 5.74) is 2.52. The first kappa shape index (κ1) is 11.7. The molecular weight excluding hydrogens is 189 g/mol. The van der Waals surface area contributed by atoms with Crippen LogP contribution < -0.4 is 5.32 Å². The van der Waals surface area contributed by atoms with Gasteiger partial charge in [0.1, 0.15) is 0 Å². The molecule has 0 saturated carbocycles. The monoisotopic (exact) mass is 209 g/mol. The van der Waals surface area contributed by atoms with Crippen molar-refractivity contribution in [3.8, 4) is 0 Å². The molecule has 1 fully saturated rings. The summed E-state index contributed by atoms with van der Waals surface area (Å²) in [6.07, 6.45) is 6.42. The number of allylic oxidation sites excluding steroid dienone is 3. The van der Waals surface area contributed by atoms with Crippen LogP contribution in [0.15, 0.2) is 36.5 Å². The van der Waals surface area contributed by atoms with Crippen LogP contribution in [-0.4, -0.2) is 12.3 Å². The van der Waals surface area contributed by atoms with Gasteiger partial charge in [0.2, 0.25) is 0 Å². The first-order chi connectivity index (χ1) is 6.65. The Hall–Kier alpha value is -0.390. The molecule has 1 aliphatic heterocycles. The second kappa shape index (κ2) is 5.48. The van der Waals surface area contributed by atoms with Gasteiger partial charge in [0.25, 0.3) is 0 Å². The Morgan fingerprint density at radius 1 is 1.50 bits per heavy atom. The minimum atomic E-state index is 0.585. The highest BCUT2D eigenvalue weighted by Gasteiger charge is 2.20. The van der Waals surface area contributed by atoms with E-state index in [0.29, 0.717) is 11.7 Å². The van der Waals surface area contributed by atoms with Crippen LogP contribution in [0.4, 0.5) is 0 Å². The van der Waals surface area contributed by atoms with E-state index in [9.17, 15) is 0 Å². The number of piperidine rings is 1. The SMILES string of the molecule is C=C/C=C(\C(=C)C)C1CCC(P)NC1. The molecule has 1 aliphatic rings. The fourth-order valence-electron chi connectivity index (χ4n) is 1.90. The van der Waals surface area contributed by atoms with Crippen molar-refractivity contribution >= 4 is 9.24 Å². The third-order valence-corrected chi connectivity index (χ3v) is 3.25. The van der Waals surface area contributed by atoms with Crippen molar-refractivity contribution in [3.05, 3.63) is 36.5 Å². The Balaban J connectivity index is 2.66. The minimum absolute atomic E-state index is 0.585. The molecule has 0 aliphatic carbocycles. The van der Waals surface area contributed by atoms with E-state index in [1.165, 1.54) is 24.0 Å². The van der Waals surface area contributed by atoms with Crippen molar-refractivity contribution in [2.45, 2.75) is 25.5 Å². The van der Waals surface area contributed by atoms with Gasteiger partial charge in [-0.3, -0.25) is 0 Å². The van der Waals surface area contributed by atoms with Crippen LogP contribution in [0.25, 0.3) is 0 Å². The van der Waals surface area contributed by atoms with Crippen LogP contribution in [0.1, 0.15) is 19.8 Å². The molecule has 78 valence electrons. The van der Waals surface area contributed by atoms with Gasteiger partial charge in [-0.05, 0) is 31.3 Å². The molecule has 0 bridgehead atoms. The lowest BCUT2D eigenvalue weighted by molar-refractivity contribution is 0.405. The minimum Gasteiger partial charge on any atom is -0.310 e. The Bertz CT molecular complexity index is 247. The van der Waals surface area contributed by atoms with Gasteiger partial charge >= 0.3 is 0 Å². The lowest BCUT2D eigenvalue weighted by Gasteiger charge is -2.29. The largest absolute Gasteiger partial charge is 0.310 e. The van der Waals surface area contributed by atoms with E-state index in [4.69, 9.17) is 0 Å². The lowest BCUT2D eigenvalue weighted by Crippen LogP contribution is -2.35. The van der Waals surface area contributed by atoms with E-state index in [1.807, 2.05) is 6.08 Å². The maximum absolute atomic E-state index is 4.02. The summed E-state index contributed by atoms with van der Waals surface area (Å²) in [5.74, 6) is 1.20. The van der Waals surface area contributed by atoms with E-state index in [0.717, 1.165) is 6.54 Å². The summed E-state index contributed by atoms with van der Waals surface area (Å²) >= 11 is 0. The highest BCUT2D eigenvalue weighted by atomic mass is 31.0. The molecule has 1 heterocycles. The van der Waals surface area contributed by atoms with Crippen LogP contribution >= 0.6 is 9.24 Å². The topological polar surface area (TPSA) is 12.0 Å².